The first-order valence-electron chi connectivity index (χ1n) is 3.63. The third-order valence-electron chi connectivity index (χ3n) is 2.87. The van der Waals surface area contributed by atoms with Crippen molar-refractivity contribution < 1.29 is 0 Å². The molecular weight excluding hydrogens is 128 g/mol. The monoisotopic (exact) mass is 140 g/mol. The highest BCUT2D eigenvalue weighted by Crippen LogP contribution is 2.52. The number of hydrogen-bond donors (Lipinski definition) is 0. The summed E-state index contributed by atoms with van der Waals surface area (Å²) in [6.45, 7) is 4.73. The van der Waals surface area contributed by atoms with Crippen LogP contribution in [0.5, 0.6) is 0 Å². The summed E-state index contributed by atoms with van der Waals surface area (Å²) < 4.78 is 0. The molecule has 2 aliphatic rings. The summed E-state index contributed by atoms with van der Waals surface area (Å²) in [4.78, 5) is 0. The average Bonchev–Trinajstić information content (AvgIpc) is 2.30. The highest BCUT2D eigenvalue weighted by Gasteiger charge is 2.45. The molecule has 0 bridgehead atoms. The number of allylic oxidation sites excluding steroid dienone is 1. The molecule has 9 heavy (non-hydrogen) atoms. The van der Waals surface area contributed by atoms with Crippen molar-refractivity contribution in [2.75, 3.05) is 0 Å². The van der Waals surface area contributed by atoms with Crippen LogP contribution >= 0.6 is 11.8 Å². The van der Waals surface area contributed by atoms with Crippen LogP contribution in [0.1, 0.15) is 13.8 Å². The quantitative estimate of drug-likeness (QED) is 0.498. The van der Waals surface area contributed by atoms with E-state index in [4.69, 9.17) is 0 Å². The molecule has 50 valence electrons. The molecule has 0 spiro atoms. The van der Waals surface area contributed by atoms with Crippen molar-refractivity contribution in [2.45, 2.75) is 19.1 Å². The van der Waals surface area contributed by atoms with Gasteiger partial charge in [-0.15, -0.1) is 11.8 Å². The highest BCUT2D eigenvalue weighted by molar-refractivity contribution is 8.03. The van der Waals surface area contributed by atoms with Crippen LogP contribution in [0.2, 0.25) is 0 Å². The van der Waals surface area contributed by atoms with Gasteiger partial charge in [-0.3, -0.25) is 0 Å². The van der Waals surface area contributed by atoms with E-state index in [1.165, 1.54) is 0 Å². The van der Waals surface area contributed by atoms with Crippen molar-refractivity contribution in [1.29, 1.82) is 0 Å². The molecule has 0 aromatic heterocycles. The molecule has 1 aliphatic carbocycles. The standard InChI is InChI=1S/C8H12S/c1-5-6(2)8-7(5)3-4-9-8/h3-8H,1-2H3. The molecule has 1 aliphatic heterocycles. The van der Waals surface area contributed by atoms with Gasteiger partial charge >= 0.3 is 0 Å². The normalized spacial score (nSPS) is 54.9. The zero-order valence-electron chi connectivity index (χ0n) is 5.87. The van der Waals surface area contributed by atoms with Gasteiger partial charge in [0.1, 0.15) is 0 Å². The molecule has 1 saturated carbocycles. The topological polar surface area (TPSA) is 0 Å². The minimum atomic E-state index is 0.921. The lowest BCUT2D eigenvalue weighted by atomic mass is 9.66. The number of rotatable bonds is 0. The summed E-state index contributed by atoms with van der Waals surface area (Å²) in [6.07, 6.45) is 2.38. The number of thioether (sulfide) groups is 1. The van der Waals surface area contributed by atoms with E-state index in [9.17, 15) is 0 Å². The van der Waals surface area contributed by atoms with Crippen molar-refractivity contribution in [3.8, 4) is 0 Å². The van der Waals surface area contributed by atoms with Crippen LogP contribution in [0.3, 0.4) is 0 Å². The fourth-order valence-electron chi connectivity index (χ4n) is 1.88. The van der Waals surface area contributed by atoms with Crippen LogP contribution in [-0.4, -0.2) is 5.25 Å². The largest absolute Gasteiger partial charge is 0.130 e. The smallest absolute Gasteiger partial charge is 0.0182 e. The lowest BCUT2D eigenvalue weighted by molar-refractivity contribution is 0.163. The summed E-state index contributed by atoms with van der Waals surface area (Å²) in [6, 6.07) is 0. The first-order valence-corrected chi connectivity index (χ1v) is 4.57. The van der Waals surface area contributed by atoms with Gasteiger partial charge in [-0.05, 0) is 23.2 Å². The Bertz CT molecular complexity index is 151. The van der Waals surface area contributed by atoms with Gasteiger partial charge in [0.05, 0.1) is 0 Å². The van der Waals surface area contributed by atoms with E-state index in [0.29, 0.717) is 0 Å². The average molecular weight is 140 g/mol. The Morgan fingerprint density at radius 1 is 1.22 bits per heavy atom. The summed E-state index contributed by atoms with van der Waals surface area (Å²) in [5.41, 5.74) is 0. The van der Waals surface area contributed by atoms with Crippen molar-refractivity contribution in [3.05, 3.63) is 11.5 Å². The number of fused-ring (bicyclic) bond motifs is 1. The van der Waals surface area contributed by atoms with Crippen molar-refractivity contribution in [2.24, 2.45) is 17.8 Å². The van der Waals surface area contributed by atoms with E-state index in [0.717, 1.165) is 23.0 Å². The lowest BCUT2D eigenvalue weighted by Gasteiger charge is -2.44. The Kier molecular flexibility index (Phi) is 1.16. The van der Waals surface area contributed by atoms with Gasteiger partial charge < -0.3 is 0 Å². The van der Waals surface area contributed by atoms with E-state index < -0.39 is 0 Å². The molecule has 0 saturated heterocycles. The molecule has 0 N–H and O–H groups in total. The van der Waals surface area contributed by atoms with E-state index in [2.05, 4.69) is 25.3 Å². The Labute approximate surface area is 60.7 Å². The molecule has 0 amide bonds. The summed E-state index contributed by atoms with van der Waals surface area (Å²) >= 11 is 2.02. The third kappa shape index (κ3) is 0.615. The Morgan fingerprint density at radius 2 is 2.00 bits per heavy atom. The van der Waals surface area contributed by atoms with Gasteiger partial charge in [0.25, 0.3) is 0 Å². The molecule has 4 unspecified atom stereocenters. The van der Waals surface area contributed by atoms with Crippen LogP contribution in [-0.2, 0) is 0 Å². The fraction of sp³-hybridized carbons (Fsp3) is 0.750. The minimum Gasteiger partial charge on any atom is -0.130 e. The van der Waals surface area contributed by atoms with Crippen LogP contribution in [0.25, 0.3) is 0 Å². The third-order valence-corrected chi connectivity index (χ3v) is 4.24. The molecular formula is C8H12S. The van der Waals surface area contributed by atoms with Gasteiger partial charge in [-0.25, -0.2) is 0 Å². The first-order chi connectivity index (χ1) is 4.30. The van der Waals surface area contributed by atoms with Crippen LogP contribution in [0.15, 0.2) is 11.5 Å². The molecule has 0 aromatic rings. The molecule has 1 fully saturated rings. The van der Waals surface area contributed by atoms with Gasteiger partial charge in [0, 0.05) is 5.25 Å². The highest BCUT2D eigenvalue weighted by atomic mass is 32.2. The number of hydrogen-bond acceptors (Lipinski definition) is 1. The predicted molar refractivity (Wildman–Crippen MR) is 42.3 cm³/mol. The molecule has 1 heteroatoms. The van der Waals surface area contributed by atoms with Crippen LogP contribution in [0.4, 0.5) is 0 Å². The lowest BCUT2D eigenvalue weighted by Crippen LogP contribution is -2.42. The molecule has 0 aromatic carbocycles. The zero-order chi connectivity index (χ0) is 6.43. The molecule has 0 radical (unpaired) electrons. The fourth-order valence-corrected chi connectivity index (χ4v) is 3.35. The van der Waals surface area contributed by atoms with Gasteiger partial charge in [0.15, 0.2) is 0 Å². The van der Waals surface area contributed by atoms with Crippen molar-refractivity contribution in [1.82, 2.24) is 0 Å². The first kappa shape index (κ1) is 5.84. The van der Waals surface area contributed by atoms with E-state index in [1.807, 2.05) is 11.8 Å². The second-order valence-electron chi connectivity index (χ2n) is 3.22. The summed E-state index contributed by atoms with van der Waals surface area (Å²) in [7, 11) is 0. The maximum Gasteiger partial charge on any atom is 0.0182 e. The Hall–Kier alpha value is 0.0900. The van der Waals surface area contributed by atoms with Gasteiger partial charge in [-0.1, -0.05) is 19.9 Å². The van der Waals surface area contributed by atoms with Crippen molar-refractivity contribution in [3.63, 3.8) is 0 Å². The van der Waals surface area contributed by atoms with Crippen LogP contribution < -0.4 is 0 Å². The SMILES string of the molecule is CC1C(C)C2SC=CC12. The Balaban J connectivity index is 2.12. The van der Waals surface area contributed by atoms with Gasteiger partial charge in [-0.2, -0.15) is 0 Å². The zero-order valence-corrected chi connectivity index (χ0v) is 6.69. The molecule has 2 rings (SSSR count). The van der Waals surface area contributed by atoms with Crippen LogP contribution in [0, 0.1) is 17.8 Å². The summed E-state index contributed by atoms with van der Waals surface area (Å²) in [5.74, 6) is 2.82. The molecule has 0 nitrogen and oxygen atoms in total. The van der Waals surface area contributed by atoms with E-state index in [1.54, 1.807) is 0 Å². The van der Waals surface area contributed by atoms with Crippen molar-refractivity contribution >= 4 is 11.8 Å². The molecule has 1 heterocycles. The predicted octanol–water partition coefficient (Wildman–Crippen LogP) is 2.52. The maximum atomic E-state index is 2.38. The Morgan fingerprint density at radius 3 is 2.67 bits per heavy atom. The minimum absolute atomic E-state index is 0.921. The summed E-state index contributed by atoms with van der Waals surface area (Å²) in [5, 5.41) is 3.22. The second-order valence-corrected chi connectivity index (χ2v) is 4.31. The maximum absolute atomic E-state index is 2.38. The second kappa shape index (κ2) is 1.79. The molecule has 4 atom stereocenters. The van der Waals surface area contributed by atoms with E-state index in [-0.39, 0.29) is 0 Å². The van der Waals surface area contributed by atoms with E-state index >= 15 is 0 Å². The van der Waals surface area contributed by atoms with Gasteiger partial charge in [0.2, 0.25) is 0 Å².